The Balaban J connectivity index is 1.46. The third-order valence-electron chi connectivity index (χ3n) is 5.26. The van der Waals surface area contributed by atoms with Crippen LogP contribution in [0.4, 0.5) is 5.82 Å². The highest BCUT2D eigenvalue weighted by molar-refractivity contribution is 5.81. The number of hydrogen-bond acceptors (Lipinski definition) is 4. The lowest BCUT2D eigenvalue weighted by Gasteiger charge is -2.20. The van der Waals surface area contributed by atoms with Gasteiger partial charge in [-0.25, -0.2) is 4.98 Å². The largest absolute Gasteiger partial charge is 0.357 e. The Bertz CT molecular complexity index is 651. The van der Waals surface area contributed by atoms with Crippen molar-refractivity contribution in [1.29, 1.82) is 0 Å². The van der Waals surface area contributed by atoms with Crippen LogP contribution in [0, 0.1) is 5.92 Å². The van der Waals surface area contributed by atoms with E-state index in [9.17, 15) is 4.79 Å². The lowest BCUT2D eigenvalue weighted by Crippen LogP contribution is -2.45. The second-order valence-electron chi connectivity index (χ2n) is 7.71. The van der Waals surface area contributed by atoms with E-state index in [1.54, 1.807) is 7.05 Å². The molecule has 7 nitrogen and oxygen atoms in total. The van der Waals surface area contributed by atoms with Gasteiger partial charge in [0.15, 0.2) is 5.96 Å². The fraction of sp³-hybridized carbons (Fsp3) is 0.650. The summed E-state index contributed by atoms with van der Waals surface area (Å²) in [7, 11) is 1.77. The van der Waals surface area contributed by atoms with E-state index in [1.165, 1.54) is 12.8 Å². The minimum atomic E-state index is 0.0530. The number of carbonyl (C=O) groups is 1. The van der Waals surface area contributed by atoms with Crippen LogP contribution in [0.1, 0.15) is 38.7 Å². The molecule has 148 valence electrons. The maximum absolute atomic E-state index is 12.1. The molecule has 2 saturated heterocycles. The number of aromatic nitrogens is 1. The molecule has 0 spiro atoms. The molecule has 7 heteroatoms. The van der Waals surface area contributed by atoms with E-state index in [4.69, 9.17) is 0 Å². The maximum Gasteiger partial charge on any atom is 0.225 e. The second-order valence-corrected chi connectivity index (χ2v) is 7.71. The number of hydrogen-bond donors (Lipinski definition) is 2. The van der Waals surface area contributed by atoms with E-state index in [0.717, 1.165) is 49.9 Å². The molecular formula is C20H32N6O. The predicted molar refractivity (Wildman–Crippen MR) is 109 cm³/mol. The van der Waals surface area contributed by atoms with Crippen molar-refractivity contribution in [2.75, 3.05) is 38.1 Å². The fourth-order valence-electron chi connectivity index (χ4n) is 3.67. The summed E-state index contributed by atoms with van der Waals surface area (Å²) in [5.41, 5.74) is 1.13. The van der Waals surface area contributed by atoms with Crippen molar-refractivity contribution in [2.45, 2.75) is 45.7 Å². The van der Waals surface area contributed by atoms with E-state index in [1.807, 2.05) is 24.9 Å². The Hall–Kier alpha value is -2.31. The lowest BCUT2D eigenvalue weighted by molar-refractivity contribution is -0.133. The van der Waals surface area contributed by atoms with Gasteiger partial charge in [-0.2, -0.15) is 0 Å². The number of nitrogens with one attached hydrogen (secondary N) is 2. The van der Waals surface area contributed by atoms with Crippen molar-refractivity contribution < 1.29 is 4.79 Å². The van der Waals surface area contributed by atoms with Crippen LogP contribution in [0.3, 0.4) is 0 Å². The van der Waals surface area contributed by atoms with Crippen molar-refractivity contribution in [3.8, 4) is 0 Å². The first-order valence-electron chi connectivity index (χ1n) is 10.0. The van der Waals surface area contributed by atoms with Crippen molar-refractivity contribution in [1.82, 2.24) is 20.5 Å². The summed E-state index contributed by atoms with van der Waals surface area (Å²) in [5.74, 6) is 2.12. The SMILES string of the molecule is CN=C(NCc1ccc(N2CCCC2)nc1)NC1CCN(C(=O)C(C)C)C1. The van der Waals surface area contributed by atoms with Crippen LogP contribution < -0.4 is 15.5 Å². The van der Waals surface area contributed by atoms with Crippen molar-refractivity contribution in [2.24, 2.45) is 10.9 Å². The number of pyridine rings is 1. The van der Waals surface area contributed by atoms with Crippen LogP contribution in [-0.4, -0.2) is 61.0 Å². The molecule has 3 heterocycles. The Morgan fingerprint density at radius 2 is 2.07 bits per heavy atom. The number of carbonyl (C=O) groups excluding carboxylic acids is 1. The average Bonchev–Trinajstić information content (AvgIpc) is 3.37. The van der Waals surface area contributed by atoms with Gasteiger partial charge in [-0.05, 0) is 30.9 Å². The fourth-order valence-corrected chi connectivity index (χ4v) is 3.67. The van der Waals surface area contributed by atoms with Gasteiger partial charge in [0, 0.05) is 57.9 Å². The van der Waals surface area contributed by atoms with Crippen LogP contribution in [-0.2, 0) is 11.3 Å². The number of aliphatic imine (C=N–C) groups is 1. The topological polar surface area (TPSA) is 72.9 Å². The van der Waals surface area contributed by atoms with Crippen molar-refractivity contribution in [3.05, 3.63) is 23.9 Å². The monoisotopic (exact) mass is 372 g/mol. The van der Waals surface area contributed by atoms with E-state index in [0.29, 0.717) is 6.54 Å². The quantitative estimate of drug-likeness (QED) is 0.607. The first kappa shape index (κ1) is 19.5. The first-order chi connectivity index (χ1) is 13.1. The molecule has 1 atom stereocenters. The minimum absolute atomic E-state index is 0.0530. The molecule has 2 fully saturated rings. The molecule has 0 saturated carbocycles. The van der Waals surface area contributed by atoms with Gasteiger partial charge in [-0.3, -0.25) is 9.79 Å². The van der Waals surface area contributed by atoms with Gasteiger partial charge in [0.25, 0.3) is 0 Å². The Kier molecular flexibility index (Phi) is 6.53. The highest BCUT2D eigenvalue weighted by atomic mass is 16.2. The zero-order valence-electron chi connectivity index (χ0n) is 16.7. The van der Waals surface area contributed by atoms with E-state index >= 15 is 0 Å². The molecule has 1 amide bonds. The Morgan fingerprint density at radius 1 is 1.30 bits per heavy atom. The number of amides is 1. The summed E-state index contributed by atoms with van der Waals surface area (Å²) in [4.78, 5) is 25.3. The van der Waals surface area contributed by atoms with Gasteiger partial charge in [-0.1, -0.05) is 19.9 Å². The molecule has 1 unspecified atom stereocenters. The van der Waals surface area contributed by atoms with Gasteiger partial charge in [0.1, 0.15) is 5.82 Å². The molecule has 1 aromatic rings. The number of guanidine groups is 1. The first-order valence-corrected chi connectivity index (χ1v) is 10.0. The number of likely N-dealkylation sites (tertiary alicyclic amines) is 1. The van der Waals surface area contributed by atoms with Crippen molar-refractivity contribution in [3.63, 3.8) is 0 Å². The summed E-state index contributed by atoms with van der Waals surface area (Å²) < 4.78 is 0. The van der Waals surface area contributed by atoms with Crippen molar-refractivity contribution >= 4 is 17.7 Å². The molecule has 1 aromatic heterocycles. The van der Waals surface area contributed by atoms with E-state index in [-0.39, 0.29) is 17.9 Å². The minimum Gasteiger partial charge on any atom is -0.357 e. The van der Waals surface area contributed by atoms with Crippen LogP contribution >= 0.6 is 0 Å². The molecule has 2 N–H and O–H groups in total. The Labute approximate surface area is 162 Å². The summed E-state index contributed by atoms with van der Waals surface area (Å²) in [6, 6.07) is 4.47. The second kappa shape index (κ2) is 9.06. The third-order valence-corrected chi connectivity index (χ3v) is 5.26. The van der Waals surface area contributed by atoms with Crippen LogP contribution in [0.15, 0.2) is 23.3 Å². The number of rotatable bonds is 5. The lowest BCUT2D eigenvalue weighted by atomic mass is 10.2. The zero-order chi connectivity index (χ0) is 19.2. The van der Waals surface area contributed by atoms with Gasteiger partial charge in [-0.15, -0.1) is 0 Å². The number of nitrogens with zero attached hydrogens (tertiary/aromatic N) is 4. The summed E-state index contributed by atoms with van der Waals surface area (Å²) >= 11 is 0. The molecule has 27 heavy (non-hydrogen) atoms. The average molecular weight is 373 g/mol. The van der Waals surface area contributed by atoms with Gasteiger partial charge >= 0.3 is 0 Å². The third kappa shape index (κ3) is 5.11. The highest BCUT2D eigenvalue weighted by Crippen LogP contribution is 2.17. The molecule has 0 bridgehead atoms. The molecule has 0 radical (unpaired) electrons. The molecule has 0 aliphatic carbocycles. The van der Waals surface area contributed by atoms with Crippen LogP contribution in [0.5, 0.6) is 0 Å². The molecule has 3 rings (SSSR count). The summed E-state index contributed by atoms with van der Waals surface area (Å²) in [6.45, 7) is 8.35. The van der Waals surface area contributed by atoms with E-state index < -0.39 is 0 Å². The summed E-state index contributed by atoms with van der Waals surface area (Å²) in [6.07, 6.45) is 5.40. The zero-order valence-corrected chi connectivity index (χ0v) is 16.7. The molecule has 2 aliphatic rings. The predicted octanol–water partition coefficient (Wildman–Crippen LogP) is 1.60. The summed E-state index contributed by atoms with van der Waals surface area (Å²) in [5, 5.41) is 6.78. The molecule has 0 aromatic carbocycles. The molecular weight excluding hydrogens is 340 g/mol. The highest BCUT2D eigenvalue weighted by Gasteiger charge is 2.27. The molecule has 2 aliphatic heterocycles. The van der Waals surface area contributed by atoms with Gasteiger partial charge in [0.2, 0.25) is 5.91 Å². The Morgan fingerprint density at radius 3 is 2.70 bits per heavy atom. The van der Waals surface area contributed by atoms with Crippen LogP contribution in [0.25, 0.3) is 0 Å². The smallest absolute Gasteiger partial charge is 0.225 e. The van der Waals surface area contributed by atoms with E-state index in [2.05, 4.69) is 37.6 Å². The standard InChI is InChI=1S/C20H32N6O/c1-15(2)19(27)26-11-8-17(14-26)24-20(21-3)23-13-16-6-7-18(22-12-16)25-9-4-5-10-25/h6-7,12,15,17H,4-5,8-11,13-14H2,1-3H3,(H2,21,23,24). The number of anilines is 1. The maximum atomic E-state index is 12.1. The normalized spacial score (nSPS) is 20.4. The van der Waals surface area contributed by atoms with Gasteiger partial charge in [0.05, 0.1) is 0 Å². The van der Waals surface area contributed by atoms with Gasteiger partial charge < -0.3 is 20.4 Å². The van der Waals surface area contributed by atoms with Crippen LogP contribution in [0.2, 0.25) is 0 Å².